The van der Waals surface area contributed by atoms with Gasteiger partial charge in [0, 0.05) is 0 Å². The molecule has 0 heterocycles. The van der Waals surface area contributed by atoms with Gasteiger partial charge in [-0.05, 0) is 23.0 Å². The molecule has 0 radical (unpaired) electrons. The van der Waals surface area contributed by atoms with Crippen LogP contribution in [-0.2, 0) is 0 Å². The van der Waals surface area contributed by atoms with Crippen molar-refractivity contribution in [3.8, 4) is 6.07 Å². The van der Waals surface area contributed by atoms with E-state index in [1.165, 1.54) is 0 Å². The largest absolute Gasteiger partial charge is 0.488 e. The van der Waals surface area contributed by atoms with Gasteiger partial charge in [-0.2, -0.15) is 5.26 Å². The van der Waals surface area contributed by atoms with Crippen molar-refractivity contribution in [3.05, 3.63) is 23.3 Å². The summed E-state index contributed by atoms with van der Waals surface area (Å²) in [5, 5.41) is 30.2. The Bertz CT molecular complexity index is 526. The number of nitriles is 1. The molecule has 2 N–H and O–H groups in total. The molecule has 0 saturated heterocycles. The highest BCUT2D eigenvalue weighted by atomic mass is 28.3. The minimum absolute atomic E-state index is 0.199. The van der Waals surface area contributed by atoms with Crippen LogP contribution >= 0.6 is 0 Å². The number of benzene rings is 1. The van der Waals surface area contributed by atoms with Gasteiger partial charge in [0.15, 0.2) is 0 Å². The second-order valence-corrected chi connectivity index (χ2v) is 11.2. The average Bonchev–Trinajstić information content (AvgIpc) is 2.48. The summed E-state index contributed by atoms with van der Waals surface area (Å²) in [6, 6.07) is 8.90. The van der Waals surface area contributed by atoms with Crippen LogP contribution in [0.3, 0.4) is 0 Å². The molecule has 114 valence electrons. The van der Waals surface area contributed by atoms with Crippen LogP contribution in [-0.4, -0.2) is 25.2 Å². The molecule has 3 nitrogen and oxygen atoms in total. The van der Waals surface area contributed by atoms with E-state index in [0.29, 0.717) is 11.0 Å². The molecular formula is C16H26BNO2Si. The highest BCUT2D eigenvalue weighted by molar-refractivity contribution is 6.95. The Hall–Kier alpha value is -1.09. The topological polar surface area (TPSA) is 64.2 Å². The van der Waals surface area contributed by atoms with Crippen LogP contribution in [0.2, 0.25) is 18.1 Å². The summed E-state index contributed by atoms with van der Waals surface area (Å²) < 4.78 is 0. The minimum atomic E-state index is -1.83. The van der Waals surface area contributed by atoms with Gasteiger partial charge >= 0.3 is 7.12 Å². The van der Waals surface area contributed by atoms with Crippen molar-refractivity contribution < 1.29 is 10.0 Å². The van der Waals surface area contributed by atoms with E-state index in [-0.39, 0.29) is 5.92 Å². The highest BCUT2D eigenvalue weighted by Gasteiger charge is 2.37. The van der Waals surface area contributed by atoms with Crippen LogP contribution in [0.15, 0.2) is 12.1 Å². The summed E-state index contributed by atoms with van der Waals surface area (Å²) in [6.45, 7) is 10.7. The third-order valence-corrected chi connectivity index (χ3v) is 10.5. The molecule has 1 rings (SSSR count). The van der Waals surface area contributed by atoms with Gasteiger partial charge in [-0.3, -0.25) is 0 Å². The number of nitrogens with zero attached hydrogens (tertiary/aromatic N) is 1. The van der Waals surface area contributed by atoms with E-state index in [9.17, 15) is 15.3 Å². The molecule has 0 spiro atoms. The maximum absolute atomic E-state index is 9.82. The van der Waals surface area contributed by atoms with Crippen LogP contribution in [0.25, 0.3) is 0 Å². The predicted octanol–water partition coefficient (Wildman–Crippen LogP) is 2.08. The summed E-state index contributed by atoms with van der Waals surface area (Å²) in [6.07, 6.45) is 0. The third kappa shape index (κ3) is 3.23. The van der Waals surface area contributed by atoms with Crippen molar-refractivity contribution in [1.82, 2.24) is 0 Å². The molecule has 0 aromatic heterocycles. The molecule has 0 aliphatic carbocycles. The van der Waals surface area contributed by atoms with Crippen molar-refractivity contribution in [3.63, 3.8) is 0 Å². The standard InChI is InChI=1S/C16H26BNO2Si/c1-6-21(7-2,8-3)16-14(17(19)20)10-9-13(11-18)15(16)12(4)5/h9-10,12,19-20H,6-8H2,1-5H3. The molecule has 0 bridgehead atoms. The Morgan fingerprint density at radius 1 is 1.14 bits per heavy atom. The van der Waals surface area contributed by atoms with Gasteiger partial charge in [0.1, 0.15) is 0 Å². The van der Waals surface area contributed by atoms with Crippen molar-refractivity contribution in [2.45, 2.75) is 58.7 Å². The molecule has 0 aliphatic rings. The SMILES string of the molecule is CC[Si](CC)(CC)c1c(B(O)O)ccc(C#N)c1C(C)C. The van der Waals surface area contributed by atoms with Crippen LogP contribution in [0.1, 0.15) is 51.7 Å². The molecule has 0 atom stereocenters. The normalized spacial score (nSPS) is 11.6. The van der Waals surface area contributed by atoms with Crippen molar-refractivity contribution >= 4 is 25.8 Å². The van der Waals surface area contributed by atoms with Gasteiger partial charge in [-0.25, -0.2) is 0 Å². The molecule has 0 amide bonds. The van der Waals surface area contributed by atoms with Gasteiger partial charge in [-0.15, -0.1) is 0 Å². The molecule has 5 heteroatoms. The van der Waals surface area contributed by atoms with Gasteiger partial charge in [0.25, 0.3) is 0 Å². The van der Waals surface area contributed by atoms with Gasteiger partial charge in [-0.1, -0.05) is 64.0 Å². The first-order chi connectivity index (χ1) is 9.88. The summed E-state index contributed by atoms with van der Waals surface area (Å²) in [7, 11) is -3.30. The van der Waals surface area contributed by atoms with Gasteiger partial charge in [0.2, 0.25) is 0 Å². The third-order valence-electron chi connectivity index (χ3n) is 4.81. The van der Waals surface area contributed by atoms with Crippen molar-refractivity contribution in [2.24, 2.45) is 0 Å². The quantitative estimate of drug-likeness (QED) is 0.791. The fourth-order valence-electron chi connectivity index (χ4n) is 3.42. The van der Waals surface area contributed by atoms with Gasteiger partial charge < -0.3 is 10.0 Å². The summed E-state index contributed by atoms with van der Waals surface area (Å²) >= 11 is 0. The zero-order chi connectivity index (χ0) is 16.2. The van der Waals surface area contributed by atoms with E-state index in [1.54, 1.807) is 12.1 Å². The fraction of sp³-hybridized carbons (Fsp3) is 0.562. The fourth-order valence-corrected chi connectivity index (χ4v) is 7.80. The van der Waals surface area contributed by atoms with E-state index < -0.39 is 15.2 Å². The lowest BCUT2D eigenvalue weighted by molar-refractivity contribution is 0.426. The van der Waals surface area contributed by atoms with Crippen molar-refractivity contribution in [2.75, 3.05) is 0 Å². The maximum atomic E-state index is 9.82. The van der Waals surface area contributed by atoms with Crippen molar-refractivity contribution in [1.29, 1.82) is 5.26 Å². The van der Waals surface area contributed by atoms with Crippen LogP contribution in [0.4, 0.5) is 0 Å². The van der Waals surface area contributed by atoms with E-state index in [0.717, 1.165) is 28.9 Å². The summed E-state index contributed by atoms with van der Waals surface area (Å²) in [5.41, 5.74) is 2.31. The Labute approximate surface area is 129 Å². The maximum Gasteiger partial charge on any atom is 0.488 e. The predicted molar refractivity (Wildman–Crippen MR) is 91.9 cm³/mol. The molecule has 21 heavy (non-hydrogen) atoms. The van der Waals surface area contributed by atoms with E-state index in [4.69, 9.17) is 0 Å². The Kier molecular flexibility index (Phi) is 6.21. The lowest BCUT2D eigenvalue weighted by Crippen LogP contribution is -2.59. The van der Waals surface area contributed by atoms with E-state index in [2.05, 4.69) is 40.7 Å². The first kappa shape index (κ1) is 18.0. The minimum Gasteiger partial charge on any atom is -0.423 e. The Balaban J connectivity index is 3.85. The number of hydrogen-bond donors (Lipinski definition) is 2. The molecule has 1 aromatic carbocycles. The molecular weight excluding hydrogens is 277 g/mol. The zero-order valence-electron chi connectivity index (χ0n) is 13.8. The first-order valence-electron chi connectivity index (χ1n) is 7.81. The Morgan fingerprint density at radius 2 is 1.67 bits per heavy atom. The smallest absolute Gasteiger partial charge is 0.423 e. The molecule has 0 saturated carbocycles. The number of hydrogen-bond acceptors (Lipinski definition) is 3. The first-order valence-corrected chi connectivity index (χ1v) is 10.4. The molecule has 0 unspecified atom stereocenters. The van der Waals surface area contributed by atoms with Crippen LogP contribution < -0.4 is 10.6 Å². The second-order valence-electron chi connectivity index (χ2n) is 5.97. The monoisotopic (exact) mass is 303 g/mol. The highest BCUT2D eigenvalue weighted by Crippen LogP contribution is 2.26. The molecule has 0 fully saturated rings. The molecule has 1 aromatic rings. The zero-order valence-corrected chi connectivity index (χ0v) is 14.8. The van der Waals surface area contributed by atoms with E-state index in [1.807, 2.05) is 0 Å². The summed E-state index contributed by atoms with van der Waals surface area (Å²) in [5.74, 6) is 0.199. The van der Waals surface area contributed by atoms with E-state index >= 15 is 0 Å². The second kappa shape index (κ2) is 7.26. The summed E-state index contributed by atoms with van der Waals surface area (Å²) in [4.78, 5) is 0. The average molecular weight is 303 g/mol. The van der Waals surface area contributed by atoms with Crippen LogP contribution in [0, 0.1) is 11.3 Å². The lowest BCUT2D eigenvalue weighted by Gasteiger charge is -2.34. The van der Waals surface area contributed by atoms with Crippen LogP contribution in [0.5, 0.6) is 0 Å². The van der Waals surface area contributed by atoms with Gasteiger partial charge in [0.05, 0.1) is 19.7 Å². The lowest BCUT2D eigenvalue weighted by atomic mass is 9.77. The Morgan fingerprint density at radius 3 is 2.00 bits per heavy atom. The number of rotatable bonds is 6. The molecule has 0 aliphatic heterocycles.